The number of aromatic nitrogens is 3. The Morgan fingerprint density at radius 2 is 2.06 bits per heavy atom. The number of hydrogen-bond acceptors (Lipinski definition) is 6. The van der Waals surface area contributed by atoms with Crippen LogP contribution in [0, 0.1) is 16.7 Å². The first kappa shape index (κ1) is 21.7. The molecule has 0 unspecified atom stereocenters. The standard InChI is InChI=1S/C20H14ClFN4O2S3/c1-10-2-5-12(6-3-10)26-17-16(31-20(26)29)18(28)25-19(24-17)30-9-15(27)23-14-7-4-11(22)8-13(14)21/h2-8H,9H2,1H3,(H,23,27)(H,24,25,28). The summed E-state index contributed by atoms with van der Waals surface area (Å²) in [5, 5.41) is 2.99. The third kappa shape index (κ3) is 4.72. The molecule has 4 aromatic rings. The highest BCUT2D eigenvalue weighted by Crippen LogP contribution is 2.26. The van der Waals surface area contributed by atoms with Gasteiger partial charge in [-0.3, -0.25) is 14.2 Å². The van der Waals surface area contributed by atoms with Crippen LogP contribution in [0.4, 0.5) is 10.1 Å². The Bertz CT molecular complexity index is 1410. The van der Waals surface area contributed by atoms with Gasteiger partial charge >= 0.3 is 0 Å². The average molecular weight is 493 g/mol. The van der Waals surface area contributed by atoms with Gasteiger partial charge in [-0.05, 0) is 49.5 Å². The molecule has 0 aliphatic carbocycles. The molecule has 0 saturated heterocycles. The molecule has 2 aromatic heterocycles. The highest BCUT2D eigenvalue weighted by molar-refractivity contribution is 7.99. The first-order chi connectivity index (χ1) is 14.8. The molecule has 0 saturated carbocycles. The lowest BCUT2D eigenvalue weighted by atomic mass is 10.2. The molecule has 0 radical (unpaired) electrons. The molecule has 0 aliphatic heterocycles. The van der Waals surface area contributed by atoms with Crippen LogP contribution in [0.1, 0.15) is 5.56 Å². The molecule has 2 N–H and O–H groups in total. The van der Waals surface area contributed by atoms with Crippen molar-refractivity contribution in [3.05, 3.63) is 73.2 Å². The van der Waals surface area contributed by atoms with Crippen molar-refractivity contribution in [2.24, 2.45) is 0 Å². The molecule has 158 valence electrons. The zero-order chi connectivity index (χ0) is 22.1. The van der Waals surface area contributed by atoms with Crippen molar-refractivity contribution >= 4 is 68.9 Å². The first-order valence-corrected chi connectivity index (χ1v) is 11.5. The number of aryl methyl sites for hydroxylation is 1. The van der Waals surface area contributed by atoms with Crippen molar-refractivity contribution in [1.82, 2.24) is 14.5 Å². The second-order valence-electron chi connectivity index (χ2n) is 6.52. The van der Waals surface area contributed by atoms with Gasteiger partial charge in [-0.1, -0.05) is 52.4 Å². The number of carbonyl (C=O) groups is 1. The van der Waals surface area contributed by atoms with Crippen LogP contribution in [0.25, 0.3) is 16.0 Å². The second kappa shape index (κ2) is 8.91. The van der Waals surface area contributed by atoms with Crippen LogP contribution >= 0.6 is 46.9 Å². The third-order valence-electron chi connectivity index (χ3n) is 4.26. The van der Waals surface area contributed by atoms with Crippen molar-refractivity contribution in [2.75, 3.05) is 11.1 Å². The van der Waals surface area contributed by atoms with Gasteiger partial charge in [-0.15, -0.1) is 0 Å². The number of thioether (sulfide) groups is 1. The molecule has 0 spiro atoms. The van der Waals surface area contributed by atoms with Crippen LogP contribution in [0.3, 0.4) is 0 Å². The number of fused-ring (bicyclic) bond motifs is 1. The number of aromatic amines is 1. The Balaban J connectivity index is 1.59. The number of halogens is 2. The number of anilines is 1. The van der Waals surface area contributed by atoms with Gasteiger partial charge in [0.2, 0.25) is 5.91 Å². The monoisotopic (exact) mass is 492 g/mol. The van der Waals surface area contributed by atoms with Gasteiger partial charge < -0.3 is 10.3 Å². The van der Waals surface area contributed by atoms with Crippen molar-refractivity contribution in [3.8, 4) is 5.69 Å². The van der Waals surface area contributed by atoms with Crippen LogP contribution in [0.2, 0.25) is 5.02 Å². The first-order valence-electron chi connectivity index (χ1n) is 8.92. The van der Waals surface area contributed by atoms with E-state index in [-0.39, 0.29) is 27.4 Å². The summed E-state index contributed by atoms with van der Waals surface area (Å²) in [5.41, 5.74) is 2.32. The SMILES string of the molecule is Cc1ccc(-n2c(=S)sc3c(=O)[nH]c(SCC(=O)Nc4ccc(F)cc4Cl)nc32)cc1. The van der Waals surface area contributed by atoms with E-state index < -0.39 is 5.82 Å². The predicted octanol–water partition coefficient (Wildman–Crippen LogP) is 5.34. The third-order valence-corrected chi connectivity index (χ3v) is 6.81. The highest BCUT2D eigenvalue weighted by Gasteiger charge is 2.15. The molecule has 4 rings (SSSR count). The number of thiazole rings is 1. The number of amides is 1. The highest BCUT2D eigenvalue weighted by atomic mass is 35.5. The Morgan fingerprint density at radius 3 is 2.77 bits per heavy atom. The van der Waals surface area contributed by atoms with Gasteiger partial charge in [0.1, 0.15) is 10.5 Å². The molecule has 2 aromatic carbocycles. The maximum Gasteiger partial charge on any atom is 0.271 e. The summed E-state index contributed by atoms with van der Waals surface area (Å²) in [5.74, 6) is -0.898. The van der Waals surface area contributed by atoms with E-state index in [4.69, 9.17) is 23.8 Å². The zero-order valence-corrected chi connectivity index (χ0v) is 19.1. The van der Waals surface area contributed by atoms with E-state index in [1.165, 1.54) is 23.5 Å². The molecule has 0 aliphatic rings. The maximum absolute atomic E-state index is 13.1. The van der Waals surface area contributed by atoms with Crippen LogP contribution in [-0.2, 0) is 4.79 Å². The molecule has 31 heavy (non-hydrogen) atoms. The minimum Gasteiger partial charge on any atom is -0.324 e. The summed E-state index contributed by atoms with van der Waals surface area (Å²) in [6.07, 6.45) is 0. The lowest BCUT2D eigenvalue weighted by Crippen LogP contribution is -2.16. The Labute approximate surface area is 194 Å². The molecular weight excluding hydrogens is 479 g/mol. The topological polar surface area (TPSA) is 79.8 Å². The predicted molar refractivity (Wildman–Crippen MR) is 126 cm³/mol. The molecule has 6 nitrogen and oxygen atoms in total. The fourth-order valence-corrected chi connectivity index (χ4v) is 4.94. The number of benzene rings is 2. The Kier molecular flexibility index (Phi) is 6.24. The Hall–Kier alpha value is -2.53. The summed E-state index contributed by atoms with van der Waals surface area (Å²) < 4.78 is 15.8. The van der Waals surface area contributed by atoms with Crippen LogP contribution in [0.5, 0.6) is 0 Å². The van der Waals surface area contributed by atoms with Gasteiger partial charge in [0.15, 0.2) is 14.8 Å². The van der Waals surface area contributed by atoms with Gasteiger partial charge in [0.05, 0.1) is 16.5 Å². The van der Waals surface area contributed by atoms with E-state index in [0.717, 1.165) is 29.1 Å². The van der Waals surface area contributed by atoms with Crippen molar-refractivity contribution in [3.63, 3.8) is 0 Å². The van der Waals surface area contributed by atoms with Crippen molar-refractivity contribution in [2.45, 2.75) is 12.1 Å². The summed E-state index contributed by atoms with van der Waals surface area (Å²) in [7, 11) is 0. The minimum absolute atomic E-state index is 0.0302. The van der Waals surface area contributed by atoms with Crippen molar-refractivity contribution < 1.29 is 9.18 Å². The number of H-pyrrole nitrogens is 1. The Morgan fingerprint density at radius 1 is 1.32 bits per heavy atom. The lowest BCUT2D eigenvalue weighted by Gasteiger charge is -2.08. The largest absolute Gasteiger partial charge is 0.324 e. The molecule has 11 heteroatoms. The zero-order valence-electron chi connectivity index (χ0n) is 15.9. The van der Waals surface area contributed by atoms with Gasteiger partial charge in [0, 0.05) is 5.69 Å². The fraction of sp³-hybridized carbons (Fsp3) is 0.100. The molecule has 2 heterocycles. The van der Waals surface area contributed by atoms with Crippen molar-refractivity contribution in [1.29, 1.82) is 0 Å². The number of carbonyl (C=O) groups excluding carboxylic acids is 1. The molecule has 0 atom stereocenters. The normalized spacial score (nSPS) is 11.1. The van der Waals surface area contributed by atoms with E-state index in [9.17, 15) is 14.0 Å². The lowest BCUT2D eigenvalue weighted by molar-refractivity contribution is -0.113. The molecule has 0 bridgehead atoms. The van der Waals surface area contributed by atoms with E-state index in [1.54, 1.807) is 4.57 Å². The van der Waals surface area contributed by atoms with Gasteiger partial charge in [0.25, 0.3) is 5.56 Å². The summed E-state index contributed by atoms with van der Waals surface area (Å²) in [6.45, 7) is 1.98. The number of hydrogen-bond donors (Lipinski definition) is 2. The van der Waals surface area contributed by atoms with E-state index in [1.807, 2.05) is 31.2 Å². The smallest absolute Gasteiger partial charge is 0.271 e. The number of nitrogens with one attached hydrogen (secondary N) is 2. The maximum atomic E-state index is 13.1. The average Bonchev–Trinajstić information content (AvgIpc) is 3.06. The van der Waals surface area contributed by atoms with Crippen LogP contribution < -0.4 is 10.9 Å². The number of rotatable bonds is 5. The van der Waals surface area contributed by atoms with Crippen LogP contribution in [-0.4, -0.2) is 26.2 Å². The second-order valence-corrected chi connectivity index (χ2v) is 9.54. The van der Waals surface area contributed by atoms with Gasteiger partial charge in [-0.2, -0.15) is 0 Å². The van der Waals surface area contributed by atoms with E-state index in [2.05, 4.69) is 15.3 Å². The molecule has 0 fully saturated rings. The quantitative estimate of drug-likeness (QED) is 0.223. The summed E-state index contributed by atoms with van der Waals surface area (Å²) >= 11 is 13.6. The number of nitrogens with zero attached hydrogens (tertiary/aromatic N) is 2. The molecular formula is C20H14ClFN4O2S3. The van der Waals surface area contributed by atoms with Gasteiger partial charge in [-0.25, -0.2) is 9.37 Å². The fourth-order valence-electron chi connectivity index (χ4n) is 2.79. The van der Waals surface area contributed by atoms with E-state index >= 15 is 0 Å². The summed E-state index contributed by atoms with van der Waals surface area (Å²) in [6, 6.07) is 11.4. The van der Waals surface area contributed by atoms with E-state index in [0.29, 0.717) is 20.0 Å². The van der Waals surface area contributed by atoms with Crippen LogP contribution in [0.15, 0.2) is 52.4 Å². The minimum atomic E-state index is -0.494. The summed E-state index contributed by atoms with van der Waals surface area (Å²) in [4.78, 5) is 32.0. The molecule has 1 amide bonds.